The number of hydrogen-bond donors (Lipinski definition) is 1. The van der Waals surface area contributed by atoms with Crippen molar-refractivity contribution in [1.29, 1.82) is 0 Å². The summed E-state index contributed by atoms with van der Waals surface area (Å²) < 4.78 is 6.22. The number of hydrogen-bond acceptors (Lipinski definition) is 3. The SMILES string of the molecule is CNCc1coc(-c2ccc(Cl)c(Br)c2)n1. The number of benzene rings is 1. The molecule has 0 bridgehead atoms. The summed E-state index contributed by atoms with van der Waals surface area (Å²) in [6.45, 7) is 0.693. The lowest BCUT2D eigenvalue weighted by atomic mass is 10.2. The van der Waals surface area contributed by atoms with Gasteiger partial charge in [-0.3, -0.25) is 0 Å². The second kappa shape index (κ2) is 4.99. The molecule has 3 nitrogen and oxygen atoms in total. The highest BCUT2D eigenvalue weighted by Gasteiger charge is 2.07. The number of aromatic nitrogens is 1. The highest BCUT2D eigenvalue weighted by molar-refractivity contribution is 9.10. The Kier molecular flexibility index (Phi) is 3.63. The second-order valence-electron chi connectivity index (χ2n) is 3.30. The van der Waals surface area contributed by atoms with Gasteiger partial charge in [0.05, 0.1) is 10.7 Å². The monoisotopic (exact) mass is 300 g/mol. The van der Waals surface area contributed by atoms with Crippen molar-refractivity contribution < 1.29 is 4.42 Å². The first kappa shape index (κ1) is 11.6. The molecule has 0 aliphatic rings. The van der Waals surface area contributed by atoms with Crippen LogP contribution in [0.2, 0.25) is 5.02 Å². The van der Waals surface area contributed by atoms with Crippen molar-refractivity contribution >= 4 is 27.5 Å². The Labute approximate surface area is 107 Å². The molecular weight excluding hydrogens is 291 g/mol. The molecular formula is C11H10BrClN2O. The molecule has 0 aliphatic heterocycles. The third kappa shape index (κ3) is 2.45. The minimum Gasteiger partial charge on any atom is -0.444 e. The van der Waals surface area contributed by atoms with Crippen LogP contribution in [0.3, 0.4) is 0 Å². The van der Waals surface area contributed by atoms with E-state index < -0.39 is 0 Å². The van der Waals surface area contributed by atoms with Crippen LogP contribution in [0.15, 0.2) is 33.4 Å². The minimum atomic E-state index is 0.600. The summed E-state index contributed by atoms with van der Waals surface area (Å²) in [5, 5.41) is 3.69. The fraction of sp³-hybridized carbons (Fsp3) is 0.182. The van der Waals surface area contributed by atoms with E-state index in [-0.39, 0.29) is 0 Å². The molecule has 1 heterocycles. The number of nitrogens with one attached hydrogen (secondary N) is 1. The van der Waals surface area contributed by atoms with E-state index in [2.05, 4.69) is 26.2 Å². The number of rotatable bonds is 3. The largest absolute Gasteiger partial charge is 0.444 e. The lowest BCUT2D eigenvalue weighted by molar-refractivity contribution is 0.571. The van der Waals surface area contributed by atoms with Crippen LogP contribution in [0.5, 0.6) is 0 Å². The van der Waals surface area contributed by atoms with E-state index >= 15 is 0 Å². The molecule has 2 rings (SSSR count). The summed E-state index contributed by atoms with van der Waals surface area (Å²) >= 11 is 9.28. The van der Waals surface area contributed by atoms with Gasteiger partial charge in [0, 0.05) is 16.6 Å². The van der Waals surface area contributed by atoms with Crippen molar-refractivity contribution in [2.24, 2.45) is 0 Å². The highest BCUT2D eigenvalue weighted by Crippen LogP contribution is 2.28. The van der Waals surface area contributed by atoms with Crippen molar-refractivity contribution in [3.8, 4) is 11.5 Å². The Bertz CT molecular complexity index is 498. The predicted molar refractivity (Wildman–Crippen MR) is 67.4 cm³/mol. The predicted octanol–water partition coefficient (Wildman–Crippen LogP) is 3.48. The fourth-order valence-electron chi connectivity index (χ4n) is 1.33. The van der Waals surface area contributed by atoms with Gasteiger partial charge in [-0.15, -0.1) is 0 Å². The molecule has 2 aromatic rings. The molecule has 84 valence electrons. The maximum atomic E-state index is 5.92. The van der Waals surface area contributed by atoms with Gasteiger partial charge >= 0.3 is 0 Å². The molecule has 0 fully saturated rings. The molecule has 5 heteroatoms. The van der Waals surface area contributed by atoms with Crippen LogP contribution in [0.4, 0.5) is 0 Å². The third-order valence-electron chi connectivity index (χ3n) is 2.08. The molecule has 0 saturated carbocycles. The van der Waals surface area contributed by atoms with Gasteiger partial charge in [0.2, 0.25) is 5.89 Å². The van der Waals surface area contributed by atoms with Crippen molar-refractivity contribution in [2.45, 2.75) is 6.54 Å². The minimum absolute atomic E-state index is 0.600. The Balaban J connectivity index is 2.31. The second-order valence-corrected chi connectivity index (χ2v) is 4.56. The summed E-state index contributed by atoms with van der Waals surface area (Å²) in [4.78, 5) is 4.35. The van der Waals surface area contributed by atoms with E-state index in [1.165, 1.54) is 0 Å². The Morgan fingerprint density at radius 3 is 3.00 bits per heavy atom. The molecule has 1 aromatic carbocycles. The number of nitrogens with zero attached hydrogens (tertiary/aromatic N) is 1. The van der Waals surface area contributed by atoms with Gasteiger partial charge in [-0.25, -0.2) is 4.98 Å². The Hall–Kier alpha value is -0.840. The Morgan fingerprint density at radius 1 is 1.50 bits per heavy atom. The van der Waals surface area contributed by atoms with Crippen LogP contribution in [0.1, 0.15) is 5.69 Å². The average molecular weight is 302 g/mol. The number of halogens is 2. The lowest BCUT2D eigenvalue weighted by Gasteiger charge is -1.98. The molecule has 0 unspecified atom stereocenters. The molecule has 1 aromatic heterocycles. The molecule has 0 spiro atoms. The average Bonchev–Trinajstić information content (AvgIpc) is 2.71. The molecule has 16 heavy (non-hydrogen) atoms. The molecule has 0 radical (unpaired) electrons. The van der Waals surface area contributed by atoms with E-state index in [4.69, 9.17) is 16.0 Å². The van der Waals surface area contributed by atoms with E-state index in [9.17, 15) is 0 Å². The summed E-state index contributed by atoms with van der Waals surface area (Å²) in [5.74, 6) is 0.600. The normalized spacial score (nSPS) is 10.7. The lowest BCUT2D eigenvalue weighted by Crippen LogP contribution is -2.04. The van der Waals surface area contributed by atoms with Gasteiger partial charge < -0.3 is 9.73 Å². The smallest absolute Gasteiger partial charge is 0.226 e. The third-order valence-corrected chi connectivity index (χ3v) is 3.29. The van der Waals surface area contributed by atoms with E-state index in [0.29, 0.717) is 17.5 Å². The van der Waals surface area contributed by atoms with Gasteiger partial charge in [0.15, 0.2) is 0 Å². The first-order chi connectivity index (χ1) is 7.70. The highest BCUT2D eigenvalue weighted by atomic mass is 79.9. The zero-order valence-corrected chi connectivity index (χ0v) is 11.0. The fourth-order valence-corrected chi connectivity index (χ4v) is 1.83. The van der Waals surface area contributed by atoms with Crippen LogP contribution in [0.25, 0.3) is 11.5 Å². The van der Waals surface area contributed by atoms with Crippen molar-refractivity contribution in [1.82, 2.24) is 10.3 Å². The first-order valence-corrected chi connectivity index (χ1v) is 5.92. The van der Waals surface area contributed by atoms with Gasteiger partial charge in [-0.2, -0.15) is 0 Å². The molecule has 0 aliphatic carbocycles. The van der Waals surface area contributed by atoms with Gasteiger partial charge in [0.1, 0.15) is 6.26 Å². The topological polar surface area (TPSA) is 38.1 Å². The van der Waals surface area contributed by atoms with Crippen molar-refractivity contribution in [3.05, 3.63) is 39.7 Å². The standard InChI is InChI=1S/C11H10BrClN2O/c1-14-5-8-6-16-11(15-8)7-2-3-10(13)9(12)4-7/h2-4,6,14H,5H2,1H3. The Morgan fingerprint density at radius 2 is 2.31 bits per heavy atom. The van der Waals surface area contributed by atoms with E-state index in [0.717, 1.165) is 15.7 Å². The number of oxazole rings is 1. The maximum Gasteiger partial charge on any atom is 0.226 e. The van der Waals surface area contributed by atoms with Crippen LogP contribution >= 0.6 is 27.5 Å². The molecule has 0 saturated heterocycles. The summed E-state index contributed by atoms with van der Waals surface area (Å²) in [7, 11) is 1.87. The van der Waals surface area contributed by atoms with E-state index in [1.807, 2.05) is 25.2 Å². The van der Waals surface area contributed by atoms with E-state index in [1.54, 1.807) is 6.26 Å². The van der Waals surface area contributed by atoms with Crippen molar-refractivity contribution in [2.75, 3.05) is 7.05 Å². The summed E-state index contributed by atoms with van der Waals surface area (Å²) in [6, 6.07) is 5.57. The summed E-state index contributed by atoms with van der Waals surface area (Å²) in [6.07, 6.45) is 1.65. The van der Waals surface area contributed by atoms with Gasteiger partial charge in [-0.1, -0.05) is 11.6 Å². The molecule has 0 atom stereocenters. The zero-order valence-electron chi connectivity index (χ0n) is 8.63. The van der Waals surface area contributed by atoms with Crippen LogP contribution < -0.4 is 5.32 Å². The van der Waals surface area contributed by atoms with Gasteiger partial charge in [0.25, 0.3) is 0 Å². The molecule has 1 N–H and O–H groups in total. The van der Waals surface area contributed by atoms with Crippen LogP contribution in [-0.4, -0.2) is 12.0 Å². The summed E-state index contributed by atoms with van der Waals surface area (Å²) in [5.41, 5.74) is 1.78. The van der Waals surface area contributed by atoms with Gasteiger partial charge in [-0.05, 0) is 41.2 Å². The van der Waals surface area contributed by atoms with Crippen molar-refractivity contribution in [3.63, 3.8) is 0 Å². The maximum absolute atomic E-state index is 5.92. The first-order valence-electron chi connectivity index (χ1n) is 4.75. The van der Waals surface area contributed by atoms with Crippen LogP contribution in [-0.2, 0) is 6.54 Å². The quantitative estimate of drug-likeness (QED) is 0.943. The van der Waals surface area contributed by atoms with Crippen LogP contribution in [0, 0.1) is 0 Å². The zero-order chi connectivity index (χ0) is 11.5. The molecule has 0 amide bonds.